The summed E-state index contributed by atoms with van der Waals surface area (Å²) >= 11 is 9.28. The van der Waals surface area contributed by atoms with Gasteiger partial charge in [0.2, 0.25) is 0 Å². The quantitative estimate of drug-likeness (QED) is 0.851. The third-order valence-electron chi connectivity index (χ3n) is 3.12. The van der Waals surface area contributed by atoms with Crippen LogP contribution in [0.1, 0.15) is 29.9 Å². The zero-order chi connectivity index (χ0) is 13.4. The molecule has 1 unspecified atom stereocenters. The number of benzene rings is 1. The molecular weight excluding hydrogens is 330 g/mol. The predicted octanol–water partition coefficient (Wildman–Crippen LogP) is 4.05. The van der Waals surface area contributed by atoms with Crippen molar-refractivity contribution in [1.82, 2.24) is 4.98 Å². The van der Waals surface area contributed by atoms with Crippen molar-refractivity contribution in [3.63, 3.8) is 0 Å². The monoisotopic (exact) mass is 339 g/mol. The highest BCUT2D eigenvalue weighted by Gasteiger charge is 2.28. The fourth-order valence-corrected chi connectivity index (χ4v) is 2.59. The van der Waals surface area contributed by atoms with Gasteiger partial charge in [-0.25, -0.2) is 0 Å². The van der Waals surface area contributed by atoms with Gasteiger partial charge in [-0.3, -0.25) is 4.98 Å². The molecule has 0 radical (unpaired) electrons. The van der Waals surface area contributed by atoms with Crippen molar-refractivity contribution in [3.05, 3.63) is 57.3 Å². The van der Waals surface area contributed by atoms with E-state index in [-0.39, 0.29) is 6.10 Å². The maximum absolute atomic E-state index is 10.2. The van der Waals surface area contributed by atoms with E-state index in [2.05, 4.69) is 20.9 Å². The van der Waals surface area contributed by atoms with Gasteiger partial charge >= 0.3 is 0 Å². The summed E-state index contributed by atoms with van der Waals surface area (Å²) in [5.74, 6) is 0.665. The molecule has 1 aliphatic heterocycles. The largest absolute Gasteiger partial charge is 0.484 e. The van der Waals surface area contributed by atoms with E-state index < -0.39 is 6.10 Å². The lowest BCUT2D eigenvalue weighted by atomic mass is 9.97. The molecule has 1 aliphatic rings. The number of fused-ring (bicyclic) bond motifs is 1. The molecule has 0 saturated heterocycles. The second-order valence-corrected chi connectivity index (χ2v) is 5.79. The molecule has 98 valence electrons. The molecule has 1 N–H and O–H groups in total. The number of ether oxygens (including phenoxy) is 1. The van der Waals surface area contributed by atoms with Crippen LogP contribution in [0.25, 0.3) is 0 Å². The van der Waals surface area contributed by atoms with Crippen molar-refractivity contribution in [2.75, 3.05) is 0 Å². The van der Waals surface area contributed by atoms with Gasteiger partial charge in [-0.1, -0.05) is 11.6 Å². The number of rotatable bonds is 1. The predicted molar refractivity (Wildman–Crippen MR) is 76.3 cm³/mol. The second-order valence-electron chi connectivity index (χ2n) is 4.44. The van der Waals surface area contributed by atoms with E-state index in [1.807, 2.05) is 12.1 Å². The van der Waals surface area contributed by atoms with Crippen molar-refractivity contribution >= 4 is 27.5 Å². The number of aliphatic hydroxyl groups is 1. The lowest BCUT2D eigenvalue weighted by molar-refractivity contribution is 0.0637. The molecular formula is C14H11BrClNO2. The zero-order valence-corrected chi connectivity index (χ0v) is 12.2. The van der Waals surface area contributed by atoms with Crippen LogP contribution in [-0.4, -0.2) is 10.1 Å². The average molecular weight is 341 g/mol. The molecule has 19 heavy (non-hydrogen) atoms. The zero-order valence-electron chi connectivity index (χ0n) is 9.88. The van der Waals surface area contributed by atoms with E-state index in [9.17, 15) is 5.11 Å². The van der Waals surface area contributed by atoms with E-state index in [1.54, 1.807) is 24.4 Å². The third kappa shape index (κ3) is 2.61. The standard InChI is InChI=1S/C14H11BrClNO2/c15-8-1-3-11(17-7-8)14-6-12(18)10-5-9(16)2-4-13(10)19-14/h1-5,7,12,14,18H,6H2/t12-,14?/m1/s1. The minimum absolute atomic E-state index is 0.239. The summed E-state index contributed by atoms with van der Waals surface area (Å²) in [6.07, 6.45) is 1.37. The summed E-state index contributed by atoms with van der Waals surface area (Å²) in [6.45, 7) is 0. The number of pyridine rings is 1. The minimum atomic E-state index is -0.585. The fourth-order valence-electron chi connectivity index (χ4n) is 2.18. The fraction of sp³-hybridized carbons (Fsp3) is 0.214. The van der Waals surface area contributed by atoms with E-state index in [1.165, 1.54) is 0 Å². The van der Waals surface area contributed by atoms with Crippen LogP contribution in [0.4, 0.5) is 0 Å². The number of hydrogen-bond donors (Lipinski definition) is 1. The Hall–Kier alpha value is -1.10. The van der Waals surface area contributed by atoms with E-state index in [0.29, 0.717) is 17.2 Å². The molecule has 2 heterocycles. The van der Waals surface area contributed by atoms with Crippen LogP contribution in [0.3, 0.4) is 0 Å². The molecule has 1 aromatic heterocycles. The topological polar surface area (TPSA) is 42.4 Å². The van der Waals surface area contributed by atoms with Gasteiger partial charge in [0.05, 0.1) is 11.8 Å². The van der Waals surface area contributed by atoms with Gasteiger partial charge in [0, 0.05) is 27.7 Å². The number of halogens is 2. The number of nitrogens with zero attached hydrogens (tertiary/aromatic N) is 1. The van der Waals surface area contributed by atoms with Crippen LogP contribution >= 0.6 is 27.5 Å². The van der Waals surface area contributed by atoms with Crippen LogP contribution in [0.15, 0.2) is 41.0 Å². The van der Waals surface area contributed by atoms with Gasteiger partial charge in [-0.05, 0) is 46.3 Å². The summed E-state index contributed by atoms with van der Waals surface area (Å²) in [7, 11) is 0. The molecule has 0 spiro atoms. The molecule has 3 rings (SSSR count). The lowest BCUT2D eigenvalue weighted by Crippen LogP contribution is -2.19. The molecule has 0 fully saturated rings. The van der Waals surface area contributed by atoms with E-state index >= 15 is 0 Å². The first-order chi connectivity index (χ1) is 9.13. The summed E-state index contributed by atoms with van der Waals surface area (Å²) in [5.41, 5.74) is 1.55. The highest BCUT2D eigenvalue weighted by Crippen LogP contribution is 2.41. The number of aliphatic hydroxyl groups excluding tert-OH is 1. The second kappa shape index (κ2) is 5.12. The minimum Gasteiger partial charge on any atom is -0.484 e. The SMILES string of the molecule is O[C@@H]1CC(c2ccc(Br)cn2)Oc2ccc(Cl)cc21. The van der Waals surface area contributed by atoms with Crippen LogP contribution in [0, 0.1) is 0 Å². The normalized spacial score (nSPS) is 21.6. The molecule has 1 aromatic carbocycles. The first-order valence-corrected chi connectivity index (χ1v) is 7.06. The maximum atomic E-state index is 10.2. The third-order valence-corrected chi connectivity index (χ3v) is 3.82. The molecule has 3 nitrogen and oxygen atoms in total. The Morgan fingerprint density at radius 3 is 2.89 bits per heavy atom. The lowest BCUT2D eigenvalue weighted by Gasteiger charge is -2.29. The summed E-state index contributed by atoms with van der Waals surface area (Å²) in [6, 6.07) is 9.08. The van der Waals surface area contributed by atoms with Crippen molar-refractivity contribution < 1.29 is 9.84 Å². The smallest absolute Gasteiger partial charge is 0.143 e. The van der Waals surface area contributed by atoms with Gasteiger partial charge in [0.15, 0.2) is 0 Å². The summed E-state index contributed by atoms with van der Waals surface area (Å²) in [4.78, 5) is 4.32. The molecule has 0 saturated carbocycles. The molecule has 2 atom stereocenters. The Labute approximate surface area is 124 Å². The van der Waals surface area contributed by atoms with E-state index in [4.69, 9.17) is 16.3 Å². The molecule has 0 aliphatic carbocycles. The maximum Gasteiger partial charge on any atom is 0.143 e. The number of hydrogen-bond acceptors (Lipinski definition) is 3. The van der Waals surface area contributed by atoms with Crippen molar-refractivity contribution in [1.29, 1.82) is 0 Å². The van der Waals surface area contributed by atoms with Gasteiger partial charge in [0.25, 0.3) is 0 Å². The van der Waals surface area contributed by atoms with Crippen molar-refractivity contribution in [2.24, 2.45) is 0 Å². The summed E-state index contributed by atoms with van der Waals surface area (Å²) in [5, 5.41) is 10.8. The highest BCUT2D eigenvalue weighted by molar-refractivity contribution is 9.10. The molecule has 2 aromatic rings. The van der Waals surface area contributed by atoms with Crippen LogP contribution < -0.4 is 4.74 Å². The molecule has 0 amide bonds. The Bertz CT molecular complexity index is 603. The Morgan fingerprint density at radius 1 is 1.32 bits per heavy atom. The first-order valence-electron chi connectivity index (χ1n) is 5.89. The van der Waals surface area contributed by atoms with E-state index in [0.717, 1.165) is 15.7 Å². The summed E-state index contributed by atoms with van der Waals surface area (Å²) < 4.78 is 6.80. The van der Waals surface area contributed by atoms with Gasteiger partial charge < -0.3 is 9.84 Å². The van der Waals surface area contributed by atoms with Crippen LogP contribution in [0.2, 0.25) is 5.02 Å². The first kappa shape index (κ1) is 12.9. The average Bonchev–Trinajstić information content (AvgIpc) is 2.40. The highest BCUT2D eigenvalue weighted by atomic mass is 79.9. The Morgan fingerprint density at radius 2 is 2.16 bits per heavy atom. The van der Waals surface area contributed by atoms with Crippen molar-refractivity contribution in [2.45, 2.75) is 18.6 Å². The van der Waals surface area contributed by atoms with Gasteiger partial charge in [0.1, 0.15) is 11.9 Å². The van der Waals surface area contributed by atoms with Crippen LogP contribution in [0.5, 0.6) is 5.75 Å². The Kier molecular flexibility index (Phi) is 3.48. The van der Waals surface area contributed by atoms with Crippen LogP contribution in [-0.2, 0) is 0 Å². The van der Waals surface area contributed by atoms with Crippen molar-refractivity contribution in [3.8, 4) is 5.75 Å². The van der Waals surface area contributed by atoms with Gasteiger partial charge in [-0.2, -0.15) is 0 Å². The molecule has 5 heteroatoms. The van der Waals surface area contributed by atoms with Gasteiger partial charge in [-0.15, -0.1) is 0 Å². The molecule has 0 bridgehead atoms. The number of aromatic nitrogens is 1. The Balaban J connectivity index is 1.92.